The molecule has 0 spiro atoms. The molecule has 1 aromatic rings. The van der Waals surface area contributed by atoms with Crippen molar-refractivity contribution in [3.63, 3.8) is 0 Å². The summed E-state index contributed by atoms with van der Waals surface area (Å²) in [6, 6.07) is 2.77. The highest BCUT2D eigenvalue weighted by atomic mass is 16.4. The number of rotatable bonds is 5. The van der Waals surface area contributed by atoms with Crippen LogP contribution < -0.4 is 10.6 Å². The summed E-state index contributed by atoms with van der Waals surface area (Å²) in [6.07, 6.45) is 0.667. The van der Waals surface area contributed by atoms with E-state index in [1.165, 1.54) is 23.1 Å². The molecule has 2 atom stereocenters. The van der Waals surface area contributed by atoms with E-state index in [0.29, 0.717) is 11.1 Å². The Labute approximate surface area is 154 Å². The molecule has 27 heavy (non-hydrogen) atoms. The van der Waals surface area contributed by atoms with Crippen LogP contribution in [0.2, 0.25) is 0 Å². The molecule has 1 saturated heterocycles. The predicted octanol–water partition coefficient (Wildman–Crippen LogP) is 0.0406. The van der Waals surface area contributed by atoms with Gasteiger partial charge in [-0.15, -0.1) is 0 Å². The second-order valence-electron chi connectivity index (χ2n) is 6.54. The Morgan fingerprint density at radius 3 is 2.70 bits per heavy atom. The summed E-state index contributed by atoms with van der Waals surface area (Å²) in [7, 11) is 0. The van der Waals surface area contributed by atoms with Crippen LogP contribution in [0.15, 0.2) is 18.2 Å². The molecule has 142 valence electrons. The lowest BCUT2D eigenvalue weighted by Crippen LogP contribution is -2.52. The first-order valence-electron chi connectivity index (χ1n) is 8.63. The lowest BCUT2D eigenvalue weighted by molar-refractivity contribution is -0.139. The van der Waals surface area contributed by atoms with E-state index in [4.69, 9.17) is 5.11 Å². The maximum absolute atomic E-state index is 12.6. The lowest BCUT2D eigenvalue weighted by atomic mass is 10.0. The van der Waals surface area contributed by atoms with E-state index in [2.05, 4.69) is 10.6 Å². The summed E-state index contributed by atoms with van der Waals surface area (Å²) in [4.78, 5) is 60.7. The van der Waals surface area contributed by atoms with Gasteiger partial charge >= 0.3 is 5.97 Å². The maximum Gasteiger partial charge on any atom is 0.326 e. The molecule has 1 aromatic carbocycles. The summed E-state index contributed by atoms with van der Waals surface area (Å²) in [5.74, 6) is -2.85. The zero-order valence-corrected chi connectivity index (χ0v) is 14.7. The number of carbonyl (C=O) groups is 5. The number of benzene rings is 1. The predicted molar refractivity (Wildman–Crippen MR) is 91.7 cm³/mol. The van der Waals surface area contributed by atoms with E-state index in [1.807, 2.05) is 0 Å². The molecule has 0 aliphatic carbocycles. The van der Waals surface area contributed by atoms with Crippen molar-refractivity contribution in [3.8, 4) is 0 Å². The van der Waals surface area contributed by atoms with Crippen LogP contribution in [-0.4, -0.2) is 51.7 Å². The number of fused-ring (bicyclic) bond motifs is 1. The maximum atomic E-state index is 12.6. The number of carbonyl (C=O) groups excluding carboxylic acids is 4. The standard InChI is InChI=1S/C18H19N3O6/c1-2-12(18(26)27)19-15(23)9-3-4-11-10(7-9)8-21(17(11)25)13-5-6-14(22)20-16(13)24/h3-4,7,12-13H,2,5-6,8H2,1H3,(H,19,23)(H,26,27)(H,20,22,24)/t12-,13?/m1/s1. The number of hydrogen-bond donors (Lipinski definition) is 3. The van der Waals surface area contributed by atoms with Gasteiger partial charge < -0.3 is 15.3 Å². The number of carboxylic acid groups (broad SMARTS) is 1. The summed E-state index contributed by atoms with van der Waals surface area (Å²) < 4.78 is 0. The average Bonchev–Trinajstić information content (AvgIpc) is 2.95. The fraction of sp³-hybridized carbons (Fsp3) is 0.389. The van der Waals surface area contributed by atoms with Crippen LogP contribution in [0.5, 0.6) is 0 Å². The second-order valence-corrected chi connectivity index (χ2v) is 6.54. The molecule has 3 rings (SSSR count). The van der Waals surface area contributed by atoms with Gasteiger partial charge in [0.1, 0.15) is 12.1 Å². The molecular weight excluding hydrogens is 354 g/mol. The van der Waals surface area contributed by atoms with Crippen molar-refractivity contribution >= 4 is 29.6 Å². The average molecular weight is 373 g/mol. The van der Waals surface area contributed by atoms with Gasteiger partial charge in [0.25, 0.3) is 11.8 Å². The van der Waals surface area contributed by atoms with E-state index in [9.17, 15) is 24.0 Å². The molecule has 0 aromatic heterocycles. The molecular formula is C18H19N3O6. The van der Waals surface area contributed by atoms with Crippen LogP contribution in [-0.2, 0) is 20.9 Å². The summed E-state index contributed by atoms with van der Waals surface area (Å²) in [6.45, 7) is 1.80. The van der Waals surface area contributed by atoms with Crippen molar-refractivity contribution < 1.29 is 29.1 Å². The zero-order valence-electron chi connectivity index (χ0n) is 14.7. The molecule has 2 aliphatic heterocycles. The number of aliphatic carboxylic acids is 1. The summed E-state index contributed by atoms with van der Waals surface area (Å²) in [5.41, 5.74) is 1.22. The van der Waals surface area contributed by atoms with Crippen molar-refractivity contribution in [2.45, 2.75) is 44.8 Å². The Kier molecular flexibility index (Phi) is 4.93. The minimum Gasteiger partial charge on any atom is -0.480 e. The Bertz CT molecular complexity index is 849. The van der Waals surface area contributed by atoms with Gasteiger partial charge in [-0.3, -0.25) is 24.5 Å². The van der Waals surface area contributed by atoms with Crippen LogP contribution in [0.3, 0.4) is 0 Å². The molecule has 3 N–H and O–H groups in total. The number of nitrogens with zero attached hydrogens (tertiary/aromatic N) is 1. The van der Waals surface area contributed by atoms with Gasteiger partial charge in [-0.25, -0.2) is 4.79 Å². The Balaban J connectivity index is 1.77. The SMILES string of the molecule is CC[C@@H](NC(=O)c1ccc2c(c1)CN(C1CCC(=O)NC1=O)C2=O)C(=O)O. The van der Waals surface area contributed by atoms with Crippen molar-refractivity contribution in [2.24, 2.45) is 0 Å². The molecule has 0 bridgehead atoms. The van der Waals surface area contributed by atoms with Gasteiger partial charge in [-0.05, 0) is 36.6 Å². The second kappa shape index (κ2) is 7.18. The van der Waals surface area contributed by atoms with Gasteiger partial charge in [-0.2, -0.15) is 0 Å². The summed E-state index contributed by atoms with van der Waals surface area (Å²) >= 11 is 0. The van der Waals surface area contributed by atoms with Crippen molar-refractivity contribution in [2.75, 3.05) is 0 Å². The fourth-order valence-electron chi connectivity index (χ4n) is 3.30. The van der Waals surface area contributed by atoms with Gasteiger partial charge in [0.05, 0.1) is 0 Å². The fourth-order valence-corrected chi connectivity index (χ4v) is 3.30. The minimum absolute atomic E-state index is 0.150. The third kappa shape index (κ3) is 3.53. The van der Waals surface area contributed by atoms with E-state index in [0.717, 1.165) is 0 Å². The number of carboxylic acids is 1. The quantitative estimate of drug-likeness (QED) is 0.624. The van der Waals surface area contributed by atoms with Gasteiger partial charge in [0.15, 0.2) is 0 Å². The molecule has 4 amide bonds. The number of piperidine rings is 1. The Morgan fingerprint density at radius 1 is 1.33 bits per heavy atom. The van der Waals surface area contributed by atoms with Crippen LogP contribution in [0.25, 0.3) is 0 Å². The molecule has 1 unspecified atom stereocenters. The van der Waals surface area contributed by atoms with Gasteiger partial charge in [-0.1, -0.05) is 6.92 Å². The molecule has 0 radical (unpaired) electrons. The minimum atomic E-state index is -1.12. The van der Waals surface area contributed by atoms with E-state index >= 15 is 0 Å². The van der Waals surface area contributed by atoms with Crippen molar-refractivity contribution in [1.29, 1.82) is 0 Å². The Morgan fingerprint density at radius 2 is 2.07 bits per heavy atom. The lowest BCUT2D eigenvalue weighted by Gasteiger charge is -2.29. The molecule has 1 fully saturated rings. The molecule has 0 saturated carbocycles. The topological polar surface area (TPSA) is 133 Å². The normalized spacial score (nSPS) is 20.1. The number of nitrogens with one attached hydrogen (secondary N) is 2. The van der Waals surface area contributed by atoms with Crippen LogP contribution in [0.4, 0.5) is 0 Å². The summed E-state index contributed by atoms with van der Waals surface area (Å²) in [5, 5.41) is 13.7. The highest BCUT2D eigenvalue weighted by molar-refractivity contribution is 6.06. The van der Waals surface area contributed by atoms with Gasteiger partial charge in [0, 0.05) is 24.1 Å². The highest BCUT2D eigenvalue weighted by Gasteiger charge is 2.39. The first-order chi connectivity index (χ1) is 12.8. The zero-order chi connectivity index (χ0) is 19.7. The van der Waals surface area contributed by atoms with Crippen LogP contribution in [0.1, 0.15) is 52.5 Å². The molecule has 2 heterocycles. The number of amides is 4. The first-order valence-corrected chi connectivity index (χ1v) is 8.63. The third-order valence-electron chi connectivity index (χ3n) is 4.80. The monoisotopic (exact) mass is 373 g/mol. The van der Waals surface area contributed by atoms with Gasteiger partial charge in [0.2, 0.25) is 11.8 Å². The highest BCUT2D eigenvalue weighted by Crippen LogP contribution is 2.28. The third-order valence-corrected chi connectivity index (χ3v) is 4.80. The molecule has 9 nitrogen and oxygen atoms in total. The number of imide groups is 1. The number of hydrogen-bond acceptors (Lipinski definition) is 5. The van der Waals surface area contributed by atoms with E-state index in [-0.39, 0.29) is 43.2 Å². The molecule has 9 heteroatoms. The van der Waals surface area contributed by atoms with E-state index in [1.54, 1.807) is 6.92 Å². The van der Waals surface area contributed by atoms with Crippen LogP contribution >= 0.6 is 0 Å². The van der Waals surface area contributed by atoms with E-state index < -0.39 is 29.9 Å². The van der Waals surface area contributed by atoms with Crippen LogP contribution in [0, 0.1) is 0 Å². The smallest absolute Gasteiger partial charge is 0.326 e. The Hall–Kier alpha value is -3.23. The van der Waals surface area contributed by atoms with Crippen molar-refractivity contribution in [1.82, 2.24) is 15.5 Å². The van der Waals surface area contributed by atoms with Crippen molar-refractivity contribution in [3.05, 3.63) is 34.9 Å². The first kappa shape index (κ1) is 18.6. The molecule has 2 aliphatic rings. The largest absolute Gasteiger partial charge is 0.480 e.